The third kappa shape index (κ3) is 3.26. The zero-order chi connectivity index (χ0) is 14.5. The smallest absolute Gasteiger partial charge is 0.126 e. The van der Waals surface area contributed by atoms with Gasteiger partial charge in [-0.05, 0) is 54.3 Å². The quantitative estimate of drug-likeness (QED) is 0.818. The van der Waals surface area contributed by atoms with Gasteiger partial charge in [0.1, 0.15) is 5.82 Å². The highest BCUT2D eigenvalue weighted by Gasteiger charge is 2.08. The molecule has 2 aromatic carbocycles. The lowest BCUT2D eigenvalue weighted by Gasteiger charge is -2.16. The lowest BCUT2D eigenvalue weighted by molar-refractivity contribution is 0.537. The first-order chi connectivity index (χ1) is 9.65. The summed E-state index contributed by atoms with van der Waals surface area (Å²) in [5.41, 5.74) is 4.18. The molecule has 2 aromatic rings. The van der Waals surface area contributed by atoms with Crippen molar-refractivity contribution in [3.05, 3.63) is 59.4 Å². The van der Waals surface area contributed by atoms with E-state index in [9.17, 15) is 4.39 Å². The van der Waals surface area contributed by atoms with Crippen LogP contribution in [0.2, 0.25) is 0 Å². The zero-order valence-electron chi connectivity index (χ0n) is 12.4. The maximum Gasteiger partial charge on any atom is 0.126 e. The van der Waals surface area contributed by atoms with E-state index in [1.165, 1.54) is 11.6 Å². The van der Waals surface area contributed by atoms with Gasteiger partial charge in [0.15, 0.2) is 0 Å². The van der Waals surface area contributed by atoms with Crippen molar-refractivity contribution >= 4 is 0 Å². The van der Waals surface area contributed by atoms with Gasteiger partial charge in [-0.3, -0.25) is 0 Å². The SMILES string of the molecule is CCNC(CC)c1ccc(-c2ccc(F)c(C)c2)cc1. The molecular formula is C18H22FN. The number of benzene rings is 2. The Hall–Kier alpha value is -1.67. The second kappa shape index (κ2) is 6.67. The number of hydrogen-bond acceptors (Lipinski definition) is 1. The molecule has 0 spiro atoms. The molecule has 20 heavy (non-hydrogen) atoms. The average Bonchev–Trinajstić information content (AvgIpc) is 2.48. The third-order valence-corrected chi connectivity index (χ3v) is 3.66. The predicted molar refractivity (Wildman–Crippen MR) is 83.3 cm³/mol. The Balaban J connectivity index is 2.25. The summed E-state index contributed by atoms with van der Waals surface area (Å²) in [4.78, 5) is 0. The maximum atomic E-state index is 13.3. The number of rotatable bonds is 5. The van der Waals surface area contributed by atoms with Crippen LogP contribution in [-0.2, 0) is 0 Å². The third-order valence-electron chi connectivity index (χ3n) is 3.66. The first-order valence-corrected chi connectivity index (χ1v) is 7.25. The first-order valence-electron chi connectivity index (χ1n) is 7.25. The molecule has 2 heteroatoms. The van der Waals surface area contributed by atoms with Crippen LogP contribution in [0.5, 0.6) is 0 Å². The van der Waals surface area contributed by atoms with Crippen molar-refractivity contribution in [2.75, 3.05) is 6.54 Å². The molecule has 0 aliphatic heterocycles. The lowest BCUT2D eigenvalue weighted by Crippen LogP contribution is -2.19. The van der Waals surface area contributed by atoms with E-state index >= 15 is 0 Å². The Kier molecular flexibility index (Phi) is 4.91. The van der Waals surface area contributed by atoms with Gasteiger partial charge in [-0.2, -0.15) is 0 Å². The van der Waals surface area contributed by atoms with Crippen LogP contribution in [0.3, 0.4) is 0 Å². The molecule has 2 rings (SSSR count). The number of aryl methyl sites for hydroxylation is 1. The summed E-state index contributed by atoms with van der Waals surface area (Å²) in [6.07, 6.45) is 1.07. The molecule has 1 unspecified atom stereocenters. The van der Waals surface area contributed by atoms with Gasteiger partial charge in [-0.25, -0.2) is 4.39 Å². The second-order valence-electron chi connectivity index (χ2n) is 5.10. The van der Waals surface area contributed by atoms with Crippen LogP contribution in [0.4, 0.5) is 4.39 Å². The topological polar surface area (TPSA) is 12.0 Å². The highest BCUT2D eigenvalue weighted by atomic mass is 19.1. The van der Waals surface area contributed by atoms with Crippen molar-refractivity contribution in [2.45, 2.75) is 33.2 Å². The molecule has 0 bridgehead atoms. The molecule has 1 nitrogen and oxygen atoms in total. The molecule has 1 N–H and O–H groups in total. The molecule has 0 heterocycles. The summed E-state index contributed by atoms with van der Waals surface area (Å²) in [6, 6.07) is 14.2. The Bertz CT molecular complexity index is 560. The van der Waals surface area contributed by atoms with E-state index in [1.807, 2.05) is 12.1 Å². The van der Waals surface area contributed by atoms with E-state index in [0.717, 1.165) is 24.1 Å². The molecule has 1 atom stereocenters. The minimum absolute atomic E-state index is 0.149. The van der Waals surface area contributed by atoms with Gasteiger partial charge in [0.05, 0.1) is 0 Å². The first kappa shape index (κ1) is 14.7. The van der Waals surface area contributed by atoms with Gasteiger partial charge in [0.2, 0.25) is 0 Å². The Morgan fingerprint density at radius 1 is 1.00 bits per heavy atom. The van der Waals surface area contributed by atoms with Gasteiger partial charge >= 0.3 is 0 Å². The number of hydrogen-bond donors (Lipinski definition) is 1. The van der Waals surface area contributed by atoms with E-state index in [2.05, 4.69) is 43.4 Å². The van der Waals surface area contributed by atoms with E-state index in [0.29, 0.717) is 11.6 Å². The van der Waals surface area contributed by atoms with E-state index in [4.69, 9.17) is 0 Å². The Morgan fingerprint density at radius 3 is 2.20 bits per heavy atom. The van der Waals surface area contributed by atoms with Crippen LogP contribution < -0.4 is 5.32 Å². The van der Waals surface area contributed by atoms with E-state index in [-0.39, 0.29) is 5.82 Å². The molecule has 0 radical (unpaired) electrons. The van der Waals surface area contributed by atoms with Gasteiger partial charge in [-0.1, -0.05) is 44.2 Å². The van der Waals surface area contributed by atoms with Crippen LogP contribution >= 0.6 is 0 Å². The Morgan fingerprint density at radius 2 is 1.65 bits per heavy atom. The summed E-state index contributed by atoms with van der Waals surface area (Å²) < 4.78 is 13.3. The fraction of sp³-hybridized carbons (Fsp3) is 0.333. The second-order valence-corrected chi connectivity index (χ2v) is 5.10. The fourth-order valence-electron chi connectivity index (χ4n) is 2.48. The summed E-state index contributed by atoms with van der Waals surface area (Å²) in [7, 11) is 0. The molecule has 0 saturated heterocycles. The number of halogens is 1. The molecule has 0 aliphatic rings. The lowest BCUT2D eigenvalue weighted by atomic mass is 9.98. The average molecular weight is 271 g/mol. The van der Waals surface area contributed by atoms with Crippen molar-refractivity contribution in [1.82, 2.24) is 5.32 Å². The normalized spacial score (nSPS) is 12.4. The molecular weight excluding hydrogens is 249 g/mol. The van der Waals surface area contributed by atoms with Crippen LogP contribution in [-0.4, -0.2) is 6.54 Å². The maximum absolute atomic E-state index is 13.3. The molecule has 0 aliphatic carbocycles. The highest BCUT2D eigenvalue weighted by Crippen LogP contribution is 2.24. The van der Waals surface area contributed by atoms with Crippen LogP contribution in [0.1, 0.15) is 37.4 Å². The molecule has 106 valence electrons. The monoisotopic (exact) mass is 271 g/mol. The summed E-state index contributed by atoms with van der Waals surface area (Å²) in [5.74, 6) is -0.149. The highest BCUT2D eigenvalue weighted by molar-refractivity contribution is 5.64. The van der Waals surface area contributed by atoms with Gasteiger partial charge in [-0.15, -0.1) is 0 Å². The minimum Gasteiger partial charge on any atom is -0.310 e. The predicted octanol–water partition coefficient (Wildman–Crippen LogP) is 4.86. The molecule has 0 saturated carbocycles. The standard InChI is InChI=1S/C18H22FN/c1-4-18(20-5-2)15-8-6-14(7-9-15)16-10-11-17(19)13(3)12-16/h6-12,18,20H,4-5H2,1-3H3. The van der Waals surface area contributed by atoms with Crippen molar-refractivity contribution in [3.8, 4) is 11.1 Å². The fourth-order valence-corrected chi connectivity index (χ4v) is 2.48. The van der Waals surface area contributed by atoms with Crippen molar-refractivity contribution in [3.63, 3.8) is 0 Å². The summed E-state index contributed by atoms with van der Waals surface area (Å²) in [5, 5.41) is 3.47. The zero-order valence-corrected chi connectivity index (χ0v) is 12.4. The summed E-state index contributed by atoms with van der Waals surface area (Å²) >= 11 is 0. The van der Waals surface area contributed by atoms with E-state index in [1.54, 1.807) is 6.92 Å². The Labute approximate surface area is 120 Å². The van der Waals surface area contributed by atoms with Gasteiger partial charge in [0.25, 0.3) is 0 Å². The minimum atomic E-state index is -0.149. The van der Waals surface area contributed by atoms with Crippen LogP contribution in [0, 0.1) is 12.7 Å². The molecule has 0 fully saturated rings. The molecule has 0 aromatic heterocycles. The molecule has 0 amide bonds. The van der Waals surface area contributed by atoms with Crippen molar-refractivity contribution in [1.29, 1.82) is 0 Å². The van der Waals surface area contributed by atoms with Crippen molar-refractivity contribution in [2.24, 2.45) is 0 Å². The van der Waals surface area contributed by atoms with Crippen LogP contribution in [0.25, 0.3) is 11.1 Å². The largest absolute Gasteiger partial charge is 0.310 e. The van der Waals surface area contributed by atoms with Gasteiger partial charge < -0.3 is 5.32 Å². The number of nitrogens with one attached hydrogen (secondary N) is 1. The van der Waals surface area contributed by atoms with Gasteiger partial charge in [0, 0.05) is 6.04 Å². The van der Waals surface area contributed by atoms with Crippen LogP contribution in [0.15, 0.2) is 42.5 Å². The van der Waals surface area contributed by atoms with Crippen molar-refractivity contribution < 1.29 is 4.39 Å². The van der Waals surface area contributed by atoms with E-state index < -0.39 is 0 Å². The summed E-state index contributed by atoms with van der Waals surface area (Å²) in [6.45, 7) is 7.08.